The first-order chi connectivity index (χ1) is 9.16. The van der Waals surface area contributed by atoms with Crippen LogP contribution in [-0.4, -0.2) is 20.7 Å². The second-order valence-electron chi connectivity index (χ2n) is 5.46. The molecule has 0 bridgehead atoms. The molecule has 0 fully saturated rings. The van der Waals surface area contributed by atoms with Gasteiger partial charge in [-0.05, 0) is 18.2 Å². The lowest BCUT2D eigenvalue weighted by Crippen LogP contribution is -2.29. The van der Waals surface area contributed by atoms with Gasteiger partial charge in [0.05, 0.1) is 4.90 Å². The van der Waals surface area contributed by atoms with E-state index in [1.807, 2.05) is 20.8 Å². The van der Waals surface area contributed by atoms with Crippen LogP contribution < -0.4 is 10.5 Å². The Morgan fingerprint density at radius 3 is 2.30 bits per heavy atom. The molecule has 20 heavy (non-hydrogen) atoms. The molecule has 0 heterocycles. The highest BCUT2D eigenvalue weighted by Crippen LogP contribution is 2.17. The Morgan fingerprint density at radius 2 is 1.85 bits per heavy atom. The number of rotatable bonds is 5. The van der Waals surface area contributed by atoms with Gasteiger partial charge in [0.2, 0.25) is 0 Å². The van der Waals surface area contributed by atoms with Gasteiger partial charge in [0, 0.05) is 23.4 Å². The first-order valence-corrected chi connectivity index (χ1v) is 7.72. The van der Waals surface area contributed by atoms with Gasteiger partial charge in [0.15, 0.2) is 0 Å². The van der Waals surface area contributed by atoms with Crippen molar-refractivity contribution < 1.29 is 8.42 Å². The molecule has 0 aliphatic carbocycles. The molecule has 1 aromatic carbocycles. The van der Waals surface area contributed by atoms with Gasteiger partial charge in [-0.25, -0.2) is 8.42 Å². The van der Waals surface area contributed by atoms with Crippen LogP contribution in [0.4, 0.5) is 0 Å². The van der Waals surface area contributed by atoms with Crippen LogP contribution in [-0.2, 0) is 10.0 Å². The number of hydrogen-bond acceptors (Lipinski definition) is 4. The minimum absolute atomic E-state index is 0.0184. The zero-order chi connectivity index (χ0) is 15.4. The Bertz CT molecular complexity index is 599. The number of benzene rings is 1. The second-order valence-corrected chi connectivity index (χ2v) is 7.14. The second kappa shape index (κ2) is 6.19. The summed E-state index contributed by atoms with van der Waals surface area (Å²) in [5, 5.41) is 7.92. The van der Waals surface area contributed by atoms with Crippen molar-refractivity contribution in [1.29, 1.82) is 5.41 Å². The third-order valence-corrected chi connectivity index (χ3v) is 4.09. The lowest BCUT2D eigenvalue weighted by molar-refractivity contribution is 0.584. The zero-order valence-corrected chi connectivity index (χ0v) is 12.8. The molecule has 0 amide bonds. The molecule has 1 aromatic rings. The fourth-order valence-corrected chi connectivity index (χ4v) is 2.47. The summed E-state index contributed by atoms with van der Waals surface area (Å²) < 4.78 is 26.7. The minimum atomic E-state index is -3.66. The molecule has 0 aliphatic rings. The molecule has 1 rings (SSSR count). The molecule has 0 saturated carbocycles. The predicted molar refractivity (Wildman–Crippen MR) is 81.1 cm³/mol. The summed E-state index contributed by atoms with van der Waals surface area (Å²) in [6.07, 6.45) is 1.47. The first-order valence-electron chi connectivity index (χ1n) is 6.24. The highest BCUT2D eigenvalue weighted by Gasteiger charge is 2.18. The van der Waals surface area contributed by atoms with E-state index in [4.69, 9.17) is 11.1 Å². The van der Waals surface area contributed by atoms with Gasteiger partial charge in [-0.1, -0.05) is 39.0 Å². The van der Waals surface area contributed by atoms with Crippen LogP contribution in [0.2, 0.25) is 0 Å². The van der Waals surface area contributed by atoms with E-state index >= 15 is 0 Å². The van der Waals surface area contributed by atoms with E-state index in [9.17, 15) is 8.42 Å². The molecular formula is C14H21N3O2S. The van der Waals surface area contributed by atoms with Crippen molar-refractivity contribution in [2.75, 3.05) is 6.54 Å². The van der Waals surface area contributed by atoms with E-state index in [2.05, 4.69) is 4.72 Å². The molecule has 0 aliphatic heterocycles. The topological polar surface area (TPSA) is 96.0 Å². The average Bonchev–Trinajstić information content (AvgIpc) is 2.37. The maximum Gasteiger partial charge on any atom is 0.261 e. The number of sulfonamides is 1. The molecular weight excluding hydrogens is 274 g/mol. The lowest BCUT2D eigenvalue weighted by atomic mass is 9.89. The van der Waals surface area contributed by atoms with E-state index in [0.717, 1.165) is 0 Å². The van der Waals surface area contributed by atoms with Crippen molar-refractivity contribution in [3.8, 4) is 0 Å². The SMILES string of the molecule is CC(C)(C)C(=N)/C=C(/CN)NS(=O)(=O)c1ccccc1. The monoisotopic (exact) mass is 295 g/mol. The normalized spacial score (nSPS) is 13.1. The molecule has 6 heteroatoms. The van der Waals surface area contributed by atoms with Crippen molar-refractivity contribution >= 4 is 15.7 Å². The summed E-state index contributed by atoms with van der Waals surface area (Å²) >= 11 is 0. The molecule has 0 aromatic heterocycles. The van der Waals surface area contributed by atoms with E-state index < -0.39 is 10.0 Å². The molecule has 0 atom stereocenters. The molecule has 0 radical (unpaired) electrons. The summed E-state index contributed by atoms with van der Waals surface area (Å²) in [7, 11) is -3.66. The fraction of sp³-hybridized carbons (Fsp3) is 0.357. The predicted octanol–water partition coefficient (Wildman–Crippen LogP) is 1.87. The summed E-state index contributed by atoms with van der Waals surface area (Å²) in [5.41, 5.74) is 5.81. The van der Waals surface area contributed by atoms with Crippen LogP contribution in [0.3, 0.4) is 0 Å². The van der Waals surface area contributed by atoms with Crippen LogP contribution in [0.15, 0.2) is 47.0 Å². The quantitative estimate of drug-likeness (QED) is 0.723. The van der Waals surface area contributed by atoms with Gasteiger partial charge >= 0.3 is 0 Å². The maximum atomic E-state index is 12.2. The molecule has 0 spiro atoms. The van der Waals surface area contributed by atoms with Crippen molar-refractivity contribution in [3.63, 3.8) is 0 Å². The van der Waals surface area contributed by atoms with Crippen molar-refractivity contribution in [2.45, 2.75) is 25.7 Å². The maximum absolute atomic E-state index is 12.2. The Kier molecular flexibility index (Phi) is 5.08. The molecule has 110 valence electrons. The Hall–Kier alpha value is -1.66. The largest absolute Gasteiger partial charge is 0.325 e. The van der Waals surface area contributed by atoms with Crippen molar-refractivity contribution in [2.24, 2.45) is 11.1 Å². The van der Waals surface area contributed by atoms with Crippen molar-refractivity contribution in [1.82, 2.24) is 4.72 Å². The standard InChI is InChI=1S/C14H21N3O2S/c1-14(2,3)13(16)9-11(10-15)17-20(18,19)12-7-5-4-6-8-12/h4-9,16-17H,10,15H2,1-3H3/b11-9-,16-13?. The van der Waals surface area contributed by atoms with Crippen LogP contribution in [0, 0.1) is 10.8 Å². The Labute approximate surface area is 120 Å². The third kappa shape index (κ3) is 4.47. The zero-order valence-electron chi connectivity index (χ0n) is 12.0. The van der Waals surface area contributed by atoms with E-state index in [1.54, 1.807) is 18.2 Å². The van der Waals surface area contributed by atoms with Crippen molar-refractivity contribution in [3.05, 3.63) is 42.1 Å². The van der Waals surface area contributed by atoms with Gasteiger partial charge in [0.25, 0.3) is 10.0 Å². The van der Waals surface area contributed by atoms with Crippen LogP contribution in [0.25, 0.3) is 0 Å². The number of hydrogen-bond donors (Lipinski definition) is 3. The van der Waals surface area contributed by atoms with E-state index in [-0.39, 0.29) is 16.9 Å². The first kappa shape index (κ1) is 16.4. The van der Waals surface area contributed by atoms with Gasteiger partial charge in [-0.3, -0.25) is 4.72 Å². The summed E-state index contributed by atoms with van der Waals surface area (Å²) in [6.45, 7) is 5.66. The smallest absolute Gasteiger partial charge is 0.261 e. The number of nitrogens with two attached hydrogens (primary N) is 1. The number of allylic oxidation sites excluding steroid dienone is 1. The minimum Gasteiger partial charge on any atom is -0.325 e. The van der Waals surface area contributed by atoms with Crippen LogP contribution in [0.5, 0.6) is 0 Å². The van der Waals surface area contributed by atoms with Gasteiger partial charge in [0.1, 0.15) is 0 Å². The number of nitrogens with one attached hydrogen (secondary N) is 2. The Balaban J connectivity index is 3.00. The third-order valence-electron chi connectivity index (χ3n) is 2.67. The van der Waals surface area contributed by atoms with Gasteiger partial charge in [-0.2, -0.15) is 0 Å². The van der Waals surface area contributed by atoms with Gasteiger partial charge < -0.3 is 11.1 Å². The van der Waals surface area contributed by atoms with Gasteiger partial charge in [-0.15, -0.1) is 0 Å². The summed E-state index contributed by atoms with van der Waals surface area (Å²) in [5.74, 6) is 0. The lowest BCUT2D eigenvalue weighted by Gasteiger charge is -2.18. The highest BCUT2D eigenvalue weighted by atomic mass is 32.2. The molecule has 0 saturated heterocycles. The summed E-state index contributed by atoms with van der Waals surface area (Å²) in [6, 6.07) is 8.06. The van der Waals surface area contributed by atoms with E-state index in [0.29, 0.717) is 11.4 Å². The fourth-order valence-electron chi connectivity index (χ4n) is 1.35. The average molecular weight is 295 g/mol. The summed E-state index contributed by atoms with van der Waals surface area (Å²) in [4.78, 5) is 0.168. The molecule has 0 unspecified atom stereocenters. The van der Waals surface area contributed by atoms with Crippen LogP contribution >= 0.6 is 0 Å². The highest BCUT2D eigenvalue weighted by molar-refractivity contribution is 7.89. The Morgan fingerprint density at radius 1 is 1.30 bits per heavy atom. The van der Waals surface area contributed by atoms with Crippen LogP contribution in [0.1, 0.15) is 20.8 Å². The molecule has 5 nitrogen and oxygen atoms in total. The van der Waals surface area contributed by atoms with E-state index in [1.165, 1.54) is 18.2 Å². The molecule has 4 N–H and O–H groups in total.